The van der Waals surface area contributed by atoms with E-state index in [1.54, 1.807) is 12.4 Å². The van der Waals surface area contributed by atoms with Gasteiger partial charge in [-0.05, 0) is 13.3 Å². The summed E-state index contributed by atoms with van der Waals surface area (Å²) in [7, 11) is 0. The minimum absolute atomic E-state index is 0.328. The van der Waals surface area contributed by atoms with Crippen LogP contribution in [0.25, 0.3) is 0 Å². The Balaban J connectivity index is 2.05. The van der Waals surface area contributed by atoms with Crippen molar-refractivity contribution in [2.75, 3.05) is 13.1 Å². The van der Waals surface area contributed by atoms with E-state index in [2.05, 4.69) is 21.8 Å². The average Bonchev–Trinajstić information content (AvgIpc) is 2.65. The molecule has 0 aromatic carbocycles. The van der Waals surface area contributed by atoms with Crippen molar-refractivity contribution >= 4 is 0 Å². The molecule has 0 saturated carbocycles. The van der Waals surface area contributed by atoms with E-state index in [0.29, 0.717) is 12.1 Å². The molecule has 0 radical (unpaired) electrons. The third-order valence-electron chi connectivity index (χ3n) is 2.82. The zero-order chi connectivity index (χ0) is 9.97. The summed E-state index contributed by atoms with van der Waals surface area (Å²) in [4.78, 5) is 10.7. The van der Waals surface area contributed by atoms with Gasteiger partial charge in [-0.3, -0.25) is 14.9 Å². The van der Waals surface area contributed by atoms with E-state index in [1.165, 1.54) is 0 Å². The molecule has 1 fully saturated rings. The lowest BCUT2D eigenvalue weighted by Crippen LogP contribution is -2.29. The quantitative estimate of drug-likeness (QED) is 0.744. The minimum Gasteiger partial charge on any atom is -0.326 e. The second kappa shape index (κ2) is 4.02. The fraction of sp³-hybridized carbons (Fsp3) is 0.600. The predicted octanol–water partition coefficient (Wildman–Crippen LogP) is 0.571. The van der Waals surface area contributed by atoms with Crippen LogP contribution >= 0.6 is 0 Å². The standard InChI is InChI=1S/C10H16N4/c1-8(10-6-12-3-4-13-10)14-5-2-9(11)7-14/h3-4,6,8-9H,2,5,7,11H2,1H3/t8-,9+/m0/s1. The van der Waals surface area contributed by atoms with Gasteiger partial charge in [-0.2, -0.15) is 0 Å². The van der Waals surface area contributed by atoms with E-state index in [4.69, 9.17) is 5.73 Å². The average molecular weight is 192 g/mol. The Labute approximate surface area is 84.2 Å². The van der Waals surface area contributed by atoms with Gasteiger partial charge in [-0.15, -0.1) is 0 Å². The summed E-state index contributed by atoms with van der Waals surface area (Å²) in [5.41, 5.74) is 6.89. The molecule has 1 aliphatic rings. The first-order valence-electron chi connectivity index (χ1n) is 5.03. The molecular formula is C10H16N4. The third-order valence-corrected chi connectivity index (χ3v) is 2.82. The molecule has 4 heteroatoms. The summed E-state index contributed by atoms with van der Waals surface area (Å²) >= 11 is 0. The van der Waals surface area contributed by atoms with Crippen molar-refractivity contribution in [2.45, 2.75) is 25.4 Å². The van der Waals surface area contributed by atoms with Gasteiger partial charge in [-0.25, -0.2) is 0 Å². The Kier molecular flexibility index (Phi) is 2.74. The highest BCUT2D eigenvalue weighted by atomic mass is 15.2. The molecule has 1 aromatic heterocycles. The predicted molar refractivity (Wildman–Crippen MR) is 54.6 cm³/mol. The van der Waals surface area contributed by atoms with Gasteiger partial charge in [0.25, 0.3) is 0 Å². The van der Waals surface area contributed by atoms with Crippen LogP contribution in [-0.4, -0.2) is 34.0 Å². The van der Waals surface area contributed by atoms with E-state index in [9.17, 15) is 0 Å². The summed E-state index contributed by atoms with van der Waals surface area (Å²) in [5.74, 6) is 0. The first-order valence-corrected chi connectivity index (χ1v) is 5.03. The van der Waals surface area contributed by atoms with Gasteiger partial charge in [0.05, 0.1) is 11.7 Å². The van der Waals surface area contributed by atoms with Crippen LogP contribution in [0, 0.1) is 0 Å². The van der Waals surface area contributed by atoms with Crippen LogP contribution in [0.4, 0.5) is 0 Å². The number of aromatic nitrogens is 2. The van der Waals surface area contributed by atoms with Crippen molar-refractivity contribution in [1.29, 1.82) is 0 Å². The van der Waals surface area contributed by atoms with Crippen LogP contribution in [-0.2, 0) is 0 Å². The normalized spacial score (nSPS) is 25.1. The van der Waals surface area contributed by atoms with Gasteiger partial charge in [0, 0.05) is 37.7 Å². The second-order valence-electron chi connectivity index (χ2n) is 3.85. The topological polar surface area (TPSA) is 55.0 Å². The van der Waals surface area contributed by atoms with Crippen molar-refractivity contribution in [3.05, 3.63) is 24.3 Å². The lowest BCUT2D eigenvalue weighted by molar-refractivity contribution is 0.255. The van der Waals surface area contributed by atoms with E-state index in [0.717, 1.165) is 25.2 Å². The zero-order valence-electron chi connectivity index (χ0n) is 8.43. The molecule has 0 unspecified atom stereocenters. The molecule has 0 amide bonds. The van der Waals surface area contributed by atoms with E-state index >= 15 is 0 Å². The fourth-order valence-electron chi connectivity index (χ4n) is 1.88. The number of rotatable bonds is 2. The van der Waals surface area contributed by atoms with Gasteiger partial charge in [-0.1, -0.05) is 0 Å². The maximum atomic E-state index is 5.86. The van der Waals surface area contributed by atoms with Crippen LogP contribution in [0.1, 0.15) is 25.1 Å². The van der Waals surface area contributed by atoms with Gasteiger partial charge in [0.15, 0.2) is 0 Å². The first kappa shape index (κ1) is 9.55. The van der Waals surface area contributed by atoms with Crippen LogP contribution in [0.15, 0.2) is 18.6 Å². The zero-order valence-corrected chi connectivity index (χ0v) is 8.43. The van der Waals surface area contributed by atoms with Gasteiger partial charge < -0.3 is 5.73 Å². The Bertz CT molecular complexity index is 287. The summed E-state index contributed by atoms with van der Waals surface area (Å²) < 4.78 is 0. The van der Waals surface area contributed by atoms with Gasteiger partial charge >= 0.3 is 0 Å². The Hall–Kier alpha value is -1.00. The van der Waals surface area contributed by atoms with Crippen LogP contribution in [0.5, 0.6) is 0 Å². The number of hydrogen-bond acceptors (Lipinski definition) is 4. The maximum Gasteiger partial charge on any atom is 0.0755 e. The first-order chi connectivity index (χ1) is 6.77. The summed E-state index contributed by atoms with van der Waals surface area (Å²) in [6.45, 7) is 4.19. The van der Waals surface area contributed by atoms with Crippen molar-refractivity contribution < 1.29 is 0 Å². The molecule has 4 nitrogen and oxygen atoms in total. The molecule has 2 N–H and O–H groups in total. The molecule has 0 bridgehead atoms. The number of nitrogens with two attached hydrogens (primary N) is 1. The van der Waals surface area contributed by atoms with Crippen molar-refractivity contribution in [1.82, 2.24) is 14.9 Å². The molecule has 1 aliphatic heterocycles. The van der Waals surface area contributed by atoms with Crippen molar-refractivity contribution in [3.63, 3.8) is 0 Å². The molecule has 2 atom stereocenters. The molecule has 2 heterocycles. The minimum atomic E-state index is 0.328. The lowest BCUT2D eigenvalue weighted by Gasteiger charge is -2.22. The fourth-order valence-corrected chi connectivity index (χ4v) is 1.88. The largest absolute Gasteiger partial charge is 0.326 e. The molecule has 1 aromatic rings. The summed E-state index contributed by atoms with van der Waals surface area (Å²) in [5, 5.41) is 0. The smallest absolute Gasteiger partial charge is 0.0755 e. The highest BCUT2D eigenvalue weighted by Crippen LogP contribution is 2.21. The van der Waals surface area contributed by atoms with Crippen LogP contribution < -0.4 is 5.73 Å². The third kappa shape index (κ3) is 1.91. The molecule has 76 valence electrons. The molecule has 14 heavy (non-hydrogen) atoms. The molecule has 1 saturated heterocycles. The number of nitrogens with zero attached hydrogens (tertiary/aromatic N) is 3. The van der Waals surface area contributed by atoms with E-state index in [-0.39, 0.29) is 0 Å². The highest BCUT2D eigenvalue weighted by Gasteiger charge is 2.24. The van der Waals surface area contributed by atoms with Gasteiger partial charge in [0.1, 0.15) is 0 Å². The Morgan fingerprint density at radius 1 is 1.57 bits per heavy atom. The Morgan fingerprint density at radius 2 is 2.43 bits per heavy atom. The van der Waals surface area contributed by atoms with Crippen LogP contribution in [0.3, 0.4) is 0 Å². The molecule has 2 rings (SSSR count). The van der Waals surface area contributed by atoms with Crippen LogP contribution in [0.2, 0.25) is 0 Å². The Morgan fingerprint density at radius 3 is 3.00 bits per heavy atom. The second-order valence-corrected chi connectivity index (χ2v) is 3.85. The number of likely N-dealkylation sites (tertiary alicyclic amines) is 1. The molecule has 0 aliphatic carbocycles. The molecular weight excluding hydrogens is 176 g/mol. The summed E-state index contributed by atoms with van der Waals surface area (Å²) in [6, 6.07) is 0.659. The monoisotopic (exact) mass is 192 g/mol. The lowest BCUT2D eigenvalue weighted by atomic mass is 10.2. The number of hydrogen-bond donors (Lipinski definition) is 1. The maximum absolute atomic E-state index is 5.86. The summed E-state index contributed by atoms with van der Waals surface area (Å²) in [6.07, 6.45) is 6.35. The molecule has 0 spiro atoms. The van der Waals surface area contributed by atoms with E-state index in [1.807, 2.05) is 6.20 Å². The van der Waals surface area contributed by atoms with Gasteiger partial charge in [0.2, 0.25) is 0 Å². The van der Waals surface area contributed by atoms with Crippen molar-refractivity contribution in [2.24, 2.45) is 5.73 Å². The van der Waals surface area contributed by atoms with E-state index < -0.39 is 0 Å². The SMILES string of the molecule is C[C@@H](c1cnccn1)N1CC[C@@H](N)C1. The van der Waals surface area contributed by atoms with Crippen molar-refractivity contribution in [3.8, 4) is 0 Å². The highest BCUT2D eigenvalue weighted by molar-refractivity contribution is 5.02.